The first kappa shape index (κ1) is 18.8. The molecule has 2 N–H and O–H groups in total. The molecule has 25 heavy (non-hydrogen) atoms. The number of hydrogen-bond acceptors (Lipinski definition) is 4. The Hall–Kier alpha value is -2.58. The minimum atomic E-state index is 0.00267. The van der Waals surface area contributed by atoms with Gasteiger partial charge in [-0.2, -0.15) is 5.10 Å². The maximum absolute atomic E-state index is 12.4. The Balaban J connectivity index is 1.82. The van der Waals surface area contributed by atoms with E-state index in [9.17, 15) is 9.59 Å². The summed E-state index contributed by atoms with van der Waals surface area (Å²) in [4.78, 5) is 31.9. The van der Waals surface area contributed by atoms with Crippen molar-refractivity contribution in [2.45, 2.75) is 19.8 Å². The number of piperazine rings is 1. The van der Waals surface area contributed by atoms with E-state index in [2.05, 4.69) is 20.7 Å². The third-order valence-electron chi connectivity index (χ3n) is 3.94. The highest BCUT2D eigenvalue weighted by Crippen LogP contribution is 2.15. The number of nitrogens with one attached hydrogen (secondary N) is 2. The predicted molar refractivity (Wildman–Crippen MR) is 96.4 cm³/mol. The second-order valence-electron chi connectivity index (χ2n) is 5.91. The van der Waals surface area contributed by atoms with Crippen LogP contribution in [0.25, 0.3) is 0 Å². The molecule has 1 aliphatic rings. The molecule has 1 aromatic heterocycles. The summed E-state index contributed by atoms with van der Waals surface area (Å²) >= 11 is 0. The normalized spacial score (nSPS) is 15.5. The van der Waals surface area contributed by atoms with Gasteiger partial charge in [-0.05, 0) is 6.42 Å². The Labute approximate surface area is 148 Å². The second-order valence-corrected chi connectivity index (χ2v) is 5.91. The number of carbonyl (C=O) groups excluding carboxylic acids is 2. The summed E-state index contributed by atoms with van der Waals surface area (Å²) in [6.45, 7) is 4.68. The van der Waals surface area contributed by atoms with Crippen LogP contribution in [0.5, 0.6) is 0 Å². The number of hydrogen-bond donors (Lipinski definition) is 2. The first-order valence-corrected chi connectivity index (χ1v) is 8.56. The molecule has 0 unspecified atom stereocenters. The molecule has 1 fully saturated rings. The fraction of sp³-hybridized carbons (Fsp3) is 0.625. The number of carbonyl (C=O) groups is 2. The molecular weight excluding hydrogens is 322 g/mol. The molecule has 0 bridgehead atoms. The minimum Gasteiger partial charge on any atom is -0.356 e. The van der Waals surface area contributed by atoms with Crippen LogP contribution in [0.1, 0.15) is 19.8 Å². The lowest BCUT2D eigenvalue weighted by atomic mass is 10.3. The van der Waals surface area contributed by atoms with Gasteiger partial charge in [-0.15, -0.1) is 0 Å². The molecule has 0 spiro atoms. The smallest absolute Gasteiger partial charge is 0.246 e. The monoisotopic (exact) mass is 349 g/mol. The first-order chi connectivity index (χ1) is 12.0. The summed E-state index contributed by atoms with van der Waals surface area (Å²) in [6.07, 6.45) is 4.82. The van der Waals surface area contributed by atoms with Gasteiger partial charge in [0.25, 0.3) is 0 Å². The van der Waals surface area contributed by atoms with Gasteiger partial charge in [0.05, 0.1) is 11.9 Å². The maximum Gasteiger partial charge on any atom is 0.246 e. The van der Waals surface area contributed by atoms with Gasteiger partial charge in [-0.3, -0.25) is 19.3 Å². The fourth-order valence-electron chi connectivity index (χ4n) is 2.65. The molecule has 1 aliphatic heterocycles. The molecule has 0 atom stereocenters. The number of aryl methyl sites for hydroxylation is 1. The van der Waals surface area contributed by atoms with E-state index in [0.29, 0.717) is 38.6 Å². The van der Waals surface area contributed by atoms with Crippen molar-refractivity contribution in [1.29, 1.82) is 0 Å². The second kappa shape index (κ2) is 9.05. The molecule has 2 amide bonds. The molecular formula is C16H27N7O2. The van der Waals surface area contributed by atoms with E-state index in [1.807, 2.05) is 25.1 Å². The maximum atomic E-state index is 12.4. The average Bonchev–Trinajstić information content (AvgIpc) is 3.03. The Morgan fingerprint density at radius 3 is 2.72 bits per heavy atom. The SMILES string of the molecule is CCCNC(=O)CCNC(=NC)N1CCN(c2cnn(C)c2)C(=O)C1. The van der Waals surface area contributed by atoms with Crippen LogP contribution >= 0.6 is 0 Å². The van der Waals surface area contributed by atoms with E-state index >= 15 is 0 Å². The van der Waals surface area contributed by atoms with Crippen molar-refractivity contribution in [1.82, 2.24) is 25.3 Å². The van der Waals surface area contributed by atoms with Gasteiger partial charge < -0.3 is 20.4 Å². The molecule has 0 saturated carbocycles. The van der Waals surface area contributed by atoms with Crippen molar-refractivity contribution in [3.63, 3.8) is 0 Å². The van der Waals surface area contributed by atoms with Gasteiger partial charge >= 0.3 is 0 Å². The van der Waals surface area contributed by atoms with Gasteiger partial charge in [0.1, 0.15) is 6.54 Å². The summed E-state index contributed by atoms with van der Waals surface area (Å²) in [7, 11) is 3.50. The molecule has 0 aliphatic carbocycles. The van der Waals surface area contributed by atoms with Crippen LogP contribution in [0.3, 0.4) is 0 Å². The molecule has 9 nitrogen and oxygen atoms in total. The van der Waals surface area contributed by atoms with Crippen molar-refractivity contribution >= 4 is 23.5 Å². The van der Waals surface area contributed by atoms with Crippen LogP contribution in [0, 0.1) is 0 Å². The van der Waals surface area contributed by atoms with E-state index in [1.54, 1.807) is 22.8 Å². The van der Waals surface area contributed by atoms with Crippen molar-refractivity contribution in [2.75, 3.05) is 44.7 Å². The van der Waals surface area contributed by atoms with Crippen molar-refractivity contribution in [3.05, 3.63) is 12.4 Å². The Morgan fingerprint density at radius 1 is 1.32 bits per heavy atom. The fourth-order valence-corrected chi connectivity index (χ4v) is 2.65. The number of aliphatic imine (C=N–C) groups is 1. The minimum absolute atomic E-state index is 0.00267. The largest absolute Gasteiger partial charge is 0.356 e. The molecule has 2 heterocycles. The number of aromatic nitrogens is 2. The topological polar surface area (TPSA) is 94.9 Å². The van der Waals surface area contributed by atoms with Crippen LogP contribution < -0.4 is 15.5 Å². The number of rotatable bonds is 6. The molecule has 2 rings (SSSR count). The lowest BCUT2D eigenvalue weighted by Crippen LogP contribution is -2.55. The van der Waals surface area contributed by atoms with Crippen LogP contribution in [0.4, 0.5) is 5.69 Å². The van der Waals surface area contributed by atoms with Crippen LogP contribution in [-0.2, 0) is 16.6 Å². The van der Waals surface area contributed by atoms with Gasteiger partial charge in [0, 0.05) is 52.9 Å². The summed E-state index contributed by atoms with van der Waals surface area (Å²) in [5.41, 5.74) is 0.808. The standard InChI is InChI=1S/C16H27N7O2/c1-4-6-18-14(24)5-7-19-16(17-2)22-8-9-23(15(25)12-22)13-10-20-21(3)11-13/h10-11H,4-9,12H2,1-3H3,(H,17,19)(H,18,24). The highest BCUT2D eigenvalue weighted by Gasteiger charge is 2.27. The average molecular weight is 349 g/mol. The van der Waals surface area contributed by atoms with E-state index in [1.165, 1.54) is 0 Å². The lowest BCUT2D eigenvalue weighted by Gasteiger charge is -2.35. The molecule has 1 saturated heterocycles. The summed E-state index contributed by atoms with van der Waals surface area (Å²) in [5.74, 6) is 0.660. The number of guanidine groups is 1. The Bertz CT molecular complexity index is 626. The van der Waals surface area contributed by atoms with Gasteiger partial charge in [-0.25, -0.2) is 0 Å². The van der Waals surface area contributed by atoms with Gasteiger partial charge in [0.2, 0.25) is 11.8 Å². The number of amides is 2. The Kier molecular flexibility index (Phi) is 6.79. The molecule has 0 radical (unpaired) electrons. The van der Waals surface area contributed by atoms with Crippen LogP contribution in [0.2, 0.25) is 0 Å². The zero-order chi connectivity index (χ0) is 18.2. The predicted octanol–water partition coefficient (Wildman–Crippen LogP) is -0.440. The third-order valence-corrected chi connectivity index (χ3v) is 3.94. The van der Waals surface area contributed by atoms with Crippen LogP contribution in [0.15, 0.2) is 17.4 Å². The summed E-state index contributed by atoms with van der Waals surface area (Å²) < 4.78 is 1.68. The van der Waals surface area contributed by atoms with Crippen LogP contribution in [-0.4, -0.2) is 72.2 Å². The van der Waals surface area contributed by atoms with Crippen molar-refractivity contribution in [3.8, 4) is 0 Å². The van der Waals surface area contributed by atoms with E-state index in [4.69, 9.17) is 0 Å². The van der Waals surface area contributed by atoms with Gasteiger partial charge in [0.15, 0.2) is 5.96 Å². The molecule has 0 aromatic carbocycles. The number of nitrogens with zero attached hydrogens (tertiary/aromatic N) is 5. The Morgan fingerprint density at radius 2 is 2.12 bits per heavy atom. The van der Waals surface area contributed by atoms with E-state index in [-0.39, 0.29) is 18.4 Å². The highest BCUT2D eigenvalue weighted by molar-refractivity contribution is 5.98. The third kappa shape index (κ3) is 5.20. The zero-order valence-corrected chi connectivity index (χ0v) is 15.2. The molecule has 138 valence electrons. The quantitative estimate of drug-likeness (QED) is 0.536. The van der Waals surface area contributed by atoms with Crippen molar-refractivity contribution < 1.29 is 9.59 Å². The summed E-state index contributed by atoms with van der Waals surface area (Å²) in [6, 6.07) is 0. The van der Waals surface area contributed by atoms with Crippen molar-refractivity contribution in [2.24, 2.45) is 12.0 Å². The van der Waals surface area contributed by atoms with Gasteiger partial charge in [-0.1, -0.05) is 6.92 Å². The summed E-state index contributed by atoms with van der Waals surface area (Å²) in [5, 5.41) is 10.1. The highest BCUT2D eigenvalue weighted by atomic mass is 16.2. The number of anilines is 1. The first-order valence-electron chi connectivity index (χ1n) is 8.56. The zero-order valence-electron chi connectivity index (χ0n) is 15.2. The lowest BCUT2D eigenvalue weighted by molar-refractivity contribution is -0.121. The molecule has 9 heteroatoms. The molecule has 1 aromatic rings. The van der Waals surface area contributed by atoms with E-state index in [0.717, 1.165) is 12.1 Å². The van der Waals surface area contributed by atoms with E-state index < -0.39 is 0 Å².